The van der Waals surface area contributed by atoms with Crippen molar-refractivity contribution in [3.05, 3.63) is 94.1 Å². The highest BCUT2D eigenvalue weighted by molar-refractivity contribution is 5.66. The Bertz CT molecular complexity index is 1100. The van der Waals surface area contributed by atoms with E-state index in [9.17, 15) is 17.6 Å². The van der Waals surface area contributed by atoms with Gasteiger partial charge in [0.1, 0.15) is 0 Å². The molecule has 3 rings (SSSR count). The Morgan fingerprint density at radius 1 is 0.667 bits per heavy atom. The molecule has 0 saturated carbocycles. The number of aryl methyl sites for hydroxylation is 2. The summed E-state index contributed by atoms with van der Waals surface area (Å²) in [5, 5.41) is 0. The van der Waals surface area contributed by atoms with Crippen molar-refractivity contribution in [2.75, 3.05) is 0 Å². The van der Waals surface area contributed by atoms with Gasteiger partial charge in [0.2, 0.25) is 0 Å². The average molecular weight is 410 g/mol. The summed E-state index contributed by atoms with van der Waals surface area (Å²) in [7, 11) is 0. The molecule has 0 spiro atoms. The van der Waals surface area contributed by atoms with Crippen LogP contribution in [-0.2, 0) is 12.8 Å². The zero-order chi connectivity index (χ0) is 21.7. The third kappa shape index (κ3) is 4.57. The molecule has 0 fully saturated rings. The lowest BCUT2D eigenvalue weighted by Crippen LogP contribution is -1.97. The highest BCUT2D eigenvalue weighted by Gasteiger charge is 2.14. The van der Waals surface area contributed by atoms with Crippen LogP contribution in [0.2, 0.25) is 0 Å². The molecule has 0 saturated heterocycles. The first-order chi connectivity index (χ1) is 14.5. The van der Waals surface area contributed by atoms with Crippen molar-refractivity contribution in [2.24, 2.45) is 0 Å². The van der Waals surface area contributed by atoms with Gasteiger partial charge in [-0.15, -0.1) is 0 Å². The van der Waals surface area contributed by atoms with Gasteiger partial charge < -0.3 is 0 Å². The summed E-state index contributed by atoms with van der Waals surface area (Å²) >= 11 is 0. The fourth-order valence-corrected chi connectivity index (χ4v) is 3.20. The van der Waals surface area contributed by atoms with Crippen molar-refractivity contribution in [3.8, 4) is 23.0 Å². The van der Waals surface area contributed by atoms with Gasteiger partial charge in [0.25, 0.3) is 0 Å². The molecule has 0 atom stereocenters. The predicted molar refractivity (Wildman–Crippen MR) is 112 cm³/mol. The quantitative estimate of drug-likeness (QED) is 0.308. The summed E-state index contributed by atoms with van der Waals surface area (Å²) in [4.78, 5) is 0. The maximum Gasteiger partial charge on any atom is 0.174 e. The third-order valence-corrected chi connectivity index (χ3v) is 5.04. The lowest BCUT2D eigenvalue weighted by Gasteiger charge is -2.09. The Kier molecular flexibility index (Phi) is 6.95. The van der Waals surface area contributed by atoms with Crippen molar-refractivity contribution in [2.45, 2.75) is 39.5 Å². The Labute approximate surface area is 174 Å². The average Bonchev–Trinajstić information content (AvgIpc) is 2.76. The highest BCUT2D eigenvalue weighted by Crippen LogP contribution is 2.27. The van der Waals surface area contributed by atoms with Crippen LogP contribution in [0.3, 0.4) is 0 Å². The first-order valence-electron chi connectivity index (χ1n) is 10.0. The van der Waals surface area contributed by atoms with Gasteiger partial charge in [-0.05, 0) is 54.2 Å². The van der Waals surface area contributed by atoms with Gasteiger partial charge in [0.05, 0.1) is 5.56 Å². The molecule has 154 valence electrons. The zero-order valence-electron chi connectivity index (χ0n) is 17.0. The molecule has 4 heteroatoms. The largest absolute Gasteiger partial charge is 0.203 e. The number of hydrogen-bond donors (Lipinski definition) is 0. The van der Waals surface area contributed by atoms with E-state index in [1.165, 1.54) is 12.1 Å². The van der Waals surface area contributed by atoms with Crippen molar-refractivity contribution < 1.29 is 17.6 Å². The Morgan fingerprint density at radius 3 is 2.00 bits per heavy atom. The minimum atomic E-state index is -0.959. The fraction of sp³-hybridized carbons (Fsp3) is 0.231. The maximum absolute atomic E-state index is 14.5. The van der Waals surface area contributed by atoms with Gasteiger partial charge >= 0.3 is 0 Å². The van der Waals surface area contributed by atoms with Crippen molar-refractivity contribution in [3.63, 3.8) is 0 Å². The van der Waals surface area contributed by atoms with E-state index in [0.29, 0.717) is 35.1 Å². The second-order valence-corrected chi connectivity index (χ2v) is 7.08. The topological polar surface area (TPSA) is 0 Å². The Balaban J connectivity index is 1.84. The van der Waals surface area contributed by atoms with Crippen LogP contribution in [0.5, 0.6) is 0 Å². The standard InChI is InChI=1S/C26H22F4/c1-3-5-6-20-15-16-22(26(30)25(20)29)19-10-7-17(8-11-19)9-12-21-14-13-18(4-2)23(27)24(21)28/h7-8,10-11,13-16H,3-6H2,1-2H3. The monoisotopic (exact) mass is 410 g/mol. The maximum atomic E-state index is 14.5. The number of unbranched alkanes of at least 4 members (excludes halogenated alkanes) is 1. The number of rotatable bonds is 5. The van der Waals surface area contributed by atoms with Crippen molar-refractivity contribution in [1.82, 2.24) is 0 Å². The molecule has 0 aliphatic rings. The van der Waals surface area contributed by atoms with E-state index in [1.54, 1.807) is 43.3 Å². The highest BCUT2D eigenvalue weighted by atomic mass is 19.2. The summed E-state index contributed by atoms with van der Waals surface area (Å²) < 4.78 is 56.8. The second kappa shape index (κ2) is 9.63. The van der Waals surface area contributed by atoms with Crippen LogP contribution in [0, 0.1) is 35.1 Å². The summed E-state index contributed by atoms with van der Waals surface area (Å²) in [6, 6.07) is 12.7. The molecule has 0 aliphatic carbocycles. The van der Waals surface area contributed by atoms with Gasteiger partial charge in [0.15, 0.2) is 23.3 Å². The molecular weight excluding hydrogens is 388 g/mol. The summed E-state index contributed by atoms with van der Waals surface area (Å²) in [6.07, 6.45) is 2.61. The van der Waals surface area contributed by atoms with Crippen LogP contribution < -0.4 is 0 Å². The van der Waals surface area contributed by atoms with E-state index in [-0.39, 0.29) is 11.1 Å². The van der Waals surface area contributed by atoms with E-state index in [1.807, 2.05) is 6.92 Å². The second-order valence-electron chi connectivity index (χ2n) is 7.08. The molecule has 0 N–H and O–H groups in total. The number of halogens is 4. The molecule has 0 aromatic heterocycles. The van der Waals surface area contributed by atoms with E-state index in [0.717, 1.165) is 12.8 Å². The summed E-state index contributed by atoms with van der Waals surface area (Å²) in [5.74, 6) is 1.90. The molecule has 0 nitrogen and oxygen atoms in total. The Hall–Kier alpha value is -3.06. The molecule has 0 bridgehead atoms. The summed E-state index contributed by atoms with van der Waals surface area (Å²) in [5.41, 5.74) is 1.91. The minimum absolute atomic E-state index is 0.0236. The van der Waals surface area contributed by atoms with Crippen LogP contribution in [-0.4, -0.2) is 0 Å². The predicted octanol–water partition coefficient (Wildman–Crippen LogP) is 7.21. The van der Waals surface area contributed by atoms with Gasteiger partial charge in [-0.1, -0.05) is 62.4 Å². The lowest BCUT2D eigenvalue weighted by molar-refractivity contribution is 0.498. The molecule has 0 heterocycles. The molecule has 0 radical (unpaired) electrons. The minimum Gasteiger partial charge on any atom is -0.203 e. The first-order valence-corrected chi connectivity index (χ1v) is 10.0. The van der Waals surface area contributed by atoms with Crippen molar-refractivity contribution >= 4 is 0 Å². The zero-order valence-corrected chi connectivity index (χ0v) is 17.0. The van der Waals surface area contributed by atoms with Crippen LogP contribution in [0.15, 0.2) is 48.5 Å². The van der Waals surface area contributed by atoms with Gasteiger partial charge in [-0.3, -0.25) is 0 Å². The number of hydrogen-bond acceptors (Lipinski definition) is 0. The van der Waals surface area contributed by atoms with Gasteiger partial charge in [-0.2, -0.15) is 0 Å². The molecule has 0 amide bonds. The van der Waals surface area contributed by atoms with E-state index >= 15 is 0 Å². The normalized spacial score (nSPS) is 10.6. The Morgan fingerprint density at radius 2 is 1.33 bits per heavy atom. The van der Waals surface area contributed by atoms with Crippen molar-refractivity contribution in [1.29, 1.82) is 0 Å². The van der Waals surface area contributed by atoms with E-state index in [2.05, 4.69) is 11.8 Å². The molecule has 0 aliphatic heterocycles. The molecule has 0 unspecified atom stereocenters. The van der Waals surface area contributed by atoms with E-state index in [4.69, 9.17) is 0 Å². The molecule has 3 aromatic carbocycles. The SMILES string of the molecule is CCCCc1ccc(-c2ccc(C#Cc3ccc(CC)c(F)c3F)cc2)c(F)c1F. The molecule has 30 heavy (non-hydrogen) atoms. The van der Waals surface area contributed by atoms with Crippen LogP contribution in [0.1, 0.15) is 48.9 Å². The fourth-order valence-electron chi connectivity index (χ4n) is 3.20. The summed E-state index contributed by atoms with van der Waals surface area (Å²) in [6.45, 7) is 3.75. The number of benzene rings is 3. The van der Waals surface area contributed by atoms with Gasteiger partial charge in [-0.25, -0.2) is 17.6 Å². The lowest BCUT2D eigenvalue weighted by atomic mass is 9.99. The van der Waals surface area contributed by atoms with Crippen LogP contribution in [0.25, 0.3) is 11.1 Å². The van der Waals surface area contributed by atoms with E-state index < -0.39 is 23.3 Å². The first kappa shape index (κ1) is 21.6. The smallest absolute Gasteiger partial charge is 0.174 e. The van der Waals surface area contributed by atoms with Crippen LogP contribution >= 0.6 is 0 Å². The van der Waals surface area contributed by atoms with Crippen LogP contribution in [0.4, 0.5) is 17.6 Å². The molecule has 3 aromatic rings. The van der Waals surface area contributed by atoms with Gasteiger partial charge in [0, 0.05) is 11.1 Å². The molecular formula is C26H22F4. The third-order valence-electron chi connectivity index (χ3n) is 5.04.